The second-order valence-corrected chi connectivity index (χ2v) is 3.25. The Bertz CT molecular complexity index is 387. The van der Waals surface area contributed by atoms with Crippen molar-refractivity contribution in [2.24, 2.45) is 5.73 Å². The van der Waals surface area contributed by atoms with Gasteiger partial charge in [0.2, 0.25) is 0 Å². The Morgan fingerprint density at radius 2 is 2.07 bits per heavy atom. The number of carbonyl (C=O) groups excluding carboxylic acids is 2. The van der Waals surface area contributed by atoms with Crippen LogP contribution in [-0.2, 0) is 4.79 Å². The van der Waals surface area contributed by atoms with Gasteiger partial charge < -0.3 is 10.5 Å². The fourth-order valence-electron chi connectivity index (χ4n) is 1.05. The molecule has 0 saturated heterocycles. The number of rotatable bonds is 4. The highest BCUT2D eigenvalue weighted by Crippen LogP contribution is 2.15. The predicted octanol–water partition coefficient (Wildman–Crippen LogP) is 1.14. The van der Waals surface area contributed by atoms with Gasteiger partial charge in [-0.1, -0.05) is 12.1 Å². The minimum Gasteiger partial charge on any atom is -0.481 e. The van der Waals surface area contributed by atoms with E-state index in [1.165, 1.54) is 6.92 Å². The molecular weight excluding hydrogens is 194 g/mol. The summed E-state index contributed by atoms with van der Waals surface area (Å²) in [6.07, 6.45) is -0.702. The molecule has 0 heterocycles. The smallest absolute Gasteiger partial charge is 0.258 e. The van der Waals surface area contributed by atoms with Gasteiger partial charge in [0.25, 0.3) is 5.91 Å². The highest BCUT2D eigenvalue weighted by atomic mass is 16.5. The van der Waals surface area contributed by atoms with Gasteiger partial charge in [0.05, 0.1) is 0 Å². The van der Waals surface area contributed by atoms with Crippen molar-refractivity contribution in [3.05, 3.63) is 29.8 Å². The van der Waals surface area contributed by atoms with Gasteiger partial charge in [-0.05, 0) is 26.0 Å². The molecule has 0 aromatic heterocycles. The van der Waals surface area contributed by atoms with E-state index in [-0.39, 0.29) is 5.78 Å². The summed E-state index contributed by atoms with van der Waals surface area (Å²) in [5.74, 6) is -0.121. The summed E-state index contributed by atoms with van der Waals surface area (Å²) in [5, 5.41) is 0. The molecule has 2 N–H and O–H groups in total. The van der Waals surface area contributed by atoms with Crippen molar-refractivity contribution in [3.63, 3.8) is 0 Å². The lowest BCUT2D eigenvalue weighted by molar-refractivity contribution is -0.123. The Labute approximate surface area is 88.0 Å². The summed E-state index contributed by atoms with van der Waals surface area (Å²) < 4.78 is 5.24. The van der Waals surface area contributed by atoms with Gasteiger partial charge in [0.15, 0.2) is 11.9 Å². The maximum atomic E-state index is 11.1. The van der Waals surface area contributed by atoms with Crippen LogP contribution in [0.2, 0.25) is 0 Å². The molecule has 0 unspecified atom stereocenters. The number of Topliss-reactive ketones (excluding diaryl/α,β-unsaturated/α-hetero) is 1. The van der Waals surface area contributed by atoms with Crippen molar-refractivity contribution in [1.82, 2.24) is 0 Å². The third-order valence-corrected chi connectivity index (χ3v) is 1.95. The maximum absolute atomic E-state index is 11.1. The summed E-state index contributed by atoms with van der Waals surface area (Å²) in [4.78, 5) is 21.8. The fraction of sp³-hybridized carbons (Fsp3) is 0.273. The van der Waals surface area contributed by atoms with Crippen LogP contribution >= 0.6 is 0 Å². The Balaban J connectivity index is 2.82. The van der Waals surface area contributed by atoms with E-state index >= 15 is 0 Å². The molecule has 0 aliphatic rings. The largest absolute Gasteiger partial charge is 0.481 e. The highest BCUT2D eigenvalue weighted by Gasteiger charge is 2.10. The normalized spacial score (nSPS) is 11.9. The van der Waals surface area contributed by atoms with Gasteiger partial charge in [0.1, 0.15) is 5.75 Å². The first-order chi connectivity index (χ1) is 7.00. The average molecular weight is 207 g/mol. The second-order valence-electron chi connectivity index (χ2n) is 3.25. The third kappa shape index (κ3) is 3.09. The first kappa shape index (κ1) is 11.2. The van der Waals surface area contributed by atoms with Gasteiger partial charge in [-0.2, -0.15) is 0 Å². The summed E-state index contributed by atoms with van der Waals surface area (Å²) in [6, 6.07) is 6.64. The van der Waals surface area contributed by atoms with Crippen LogP contribution in [0.1, 0.15) is 24.2 Å². The standard InChI is InChI=1S/C11H13NO3/c1-7(13)9-4-3-5-10(6-9)15-8(2)11(12)14/h3-6,8H,1-2H3,(H2,12,14)/t8-/m0/s1. The summed E-state index contributed by atoms with van der Waals surface area (Å²) in [7, 11) is 0. The summed E-state index contributed by atoms with van der Waals surface area (Å²) in [5.41, 5.74) is 5.60. The lowest BCUT2D eigenvalue weighted by atomic mass is 10.1. The van der Waals surface area contributed by atoms with Crippen molar-refractivity contribution in [2.75, 3.05) is 0 Å². The number of amides is 1. The molecule has 0 saturated carbocycles. The molecule has 1 atom stereocenters. The number of ether oxygens (including phenoxy) is 1. The van der Waals surface area contributed by atoms with Gasteiger partial charge in [0, 0.05) is 5.56 Å². The molecule has 4 nitrogen and oxygen atoms in total. The lowest BCUT2D eigenvalue weighted by Crippen LogP contribution is -2.30. The minimum absolute atomic E-state index is 0.0489. The SMILES string of the molecule is CC(=O)c1cccc(O[C@@H](C)C(N)=O)c1. The number of primary amides is 1. The molecule has 1 aromatic carbocycles. The topological polar surface area (TPSA) is 69.4 Å². The molecule has 0 spiro atoms. The molecular formula is C11H13NO3. The van der Waals surface area contributed by atoms with Gasteiger partial charge in [-0.3, -0.25) is 9.59 Å². The molecule has 1 amide bonds. The van der Waals surface area contributed by atoms with Crippen LogP contribution in [0, 0.1) is 0 Å². The zero-order valence-electron chi connectivity index (χ0n) is 8.69. The van der Waals surface area contributed by atoms with Crippen LogP contribution in [0.5, 0.6) is 5.75 Å². The van der Waals surface area contributed by atoms with Crippen LogP contribution in [0.15, 0.2) is 24.3 Å². The van der Waals surface area contributed by atoms with Crippen LogP contribution in [-0.4, -0.2) is 17.8 Å². The van der Waals surface area contributed by atoms with E-state index in [0.29, 0.717) is 11.3 Å². The van der Waals surface area contributed by atoms with E-state index < -0.39 is 12.0 Å². The van der Waals surface area contributed by atoms with Crippen molar-refractivity contribution < 1.29 is 14.3 Å². The second kappa shape index (κ2) is 4.59. The Morgan fingerprint density at radius 1 is 1.40 bits per heavy atom. The summed E-state index contributed by atoms with van der Waals surface area (Å²) in [6.45, 7) is 3.03. The first-order valence-electron chi connectivity index (χ1n) is 4.57. The third-order valence-electron chi connectivity index (χ3n) is 1.95. The molecule has 0 fully saturated rings. The molecule has 0 bridgehead atoms. The van der Waals surface area contributed by atoms with Crippen LogP contribution in [0.25, 0.3) is 0 Å². The predicted molar refractivity (Wildman–Crippen MR) is 55.7 cm³/mol. The van der Waals surface area contributed by atoms with Crippen molar-refractivity contribution >= 4 is 11.7 Å². The minimum atomic E-state index is -0.702. The Kier molecular flexibility index (Phi) is 3.44. The average Bonchev–Trinajstić information content (AvgIpc) is 2.18. The molecule has 1 aromatic rings. The quantitative estimate of drug-likeness (QED) is 0.753. The van der Waals surface area contributed by atoms with Crippen LogP contribution in [0.4, 0.5) is 0 Å². The molecule has 1 rings (SSSR count). The van der Waals surface area contributed by atoms with Gasteiger partial charge >= 0.3 is 0 Å². The van der Waals surface area contributed by atoms with Gasteiger partial charge in [-0.15, -0.1) is 0 Å². The number of hydrogen-bond donors (Lipinski definition) is 1. The van der Waals surface area contributed by atoms with Crippen molar-refractivity contribution in [2.45, 2.75) is 20.0 Å². The van der Waals surface area contributed by atoms with Crippen molar-refractivity contribution in [3.8, 4) is 5.75 Å². The van der Waals surface area contributed by atoms with E-state index in [2.05, 4.69) is 0 Å². The number of hydrogen-bond acceptors (Lipinski definition) is 3. The van der Waals surface area contributed by atoms with Crippen LogP contribution in [0.3, 0.4) is 0 Å². The molecule has 0 radical (unpaired) electrons. The van der Waals surface area contributed by atoms with Crippen LogP contribution < -0.4 is 10.5 Å². The molecule has 0 aliphatic heterocycles. The van der Waals surface area contributed by atoms with Gasteiger partial charge in [-0.25, -0.2) is 0 Å². The first-order valence-corrected chi connectivity index (χ1v) is 4.57. The number of ketones is 1. The van der Waals surface area contributed by atoms with E-state index in [9.17, 15) is 9.59 Å². The summed E-state index contributed by atoms with van der Waals surface area (Å²) >= 11 is 0. The maximum Gasteiger partial charge on any atom is 0.258 e. The monoisotopic (exact) mass is 207 g/mol. The highest BCUT2D eigenvalue weighted by molar-refractivity contribution is 5.94. The zero-order valence-corrected chi connectivity index (χ0v) is 8.69. The van der Waals surface area contributed by atoms with E-state index in [1.54, 1.807) is 31.2 Å². The molecule has 0 aliphatic carbocycles. The Hall–Kier alpha value is -1.84. The Morgan fingerprint density at radius 3 is 2.60 bits per heavy atom. The molecule has 4 heteroatoms. The lowest BCUT2D eigenvalue weighted by Gasteiger charge is -2.11. The zero-order chi connectivity index (χ0) is 11.4. The number of benzene rings is 1. The fourth-order valence-corrected chi connectivity index (χ4v) is 1.05. The van der Waals surface area contributed by atoms with E-state index in [1.807, 2.05) is 0 Å². The number of carbonyl (C=O) groups is 2. The molecule has 15 heavy (non-hydrogen) atoms. The number of nitrogens with two attached hydrogens (primary N) is 1. The van der Waals surface area contributed by atoms with Crippen molar-refractivity contribution in [1.29, 1.82) is 0 Å². The van der Waals surface area contributed by atoms with E-state index in [4.69, 9.17) is 10.5 Å². The van der Waals surface area contributed by atoms with E-state index in [0.717, 1.165) is 0 Å². The molecule has 80 valence electrons.